The molecule has 5 heterocycles. The van der Waals surface area contributed by atoms with Gasteiger partial charge in [0.25, 0.3) is 0 Å². The molecule has 3 aromatic carbocycles. The third-order valence-corrected chi connectivity index (χ3v) is 15.4. The van der Waals surface area contributed by atoms with Crippen LogP contribution in [0.4, 0.5) is 9.59 Å². The van der Waals surface area contributed by atoms with E-state index in [0.29, 0.717) is 58.7 Å². The van der Waals surface area contributed by atoms with Gasteiger partial charge >= 0.3 is 12.1 Å². The average Bonchev–Trinajstić information content (AvgIpc) is 4.05. The van der Waals surface area contributed by atoms with Crippen LogP contribution in [0.3, 0.4) is 0 Å². The molecule has 0 aromatic heterocycles. The highest BCUT2D eigenvalue weighted by Crippen LogP contribution is 2.32. The second-order valence-corrected chi connectivity index (χ2v) is 20.2. The summed E-state index contributed by atoms with van der Waals surface area (Å²) in [5, 5.41) is 21.3. The molecule has 6 atom stereocenters. The van der Waals surface area contributed by atoms with Crippen LogP contribution in [0, 0.1) is 5.92 Å². The number of aliphatic imine (C=N–C) groups is 1. The van der Waals surface area contributed by atoms with Gasteiger partial charge in [-0.25, -0.2) is 9.59 Å². The maximum absolute atomic E-state index is 14.5. The average molecular weight is 965 g/mol. The van der Waals surface area contributed by atoms with Gasteiger partial charge in [-0.1, -0.05) is 103 Å². The van der Waals surface area contributed by atoms with Crippen LogP contribution in [-0.4, -0.2) is 168 Å². The van der Waals surface area contributed by atoms with Gasteiger partial charge < -0.3 is 45.6 Å². The van der Waals surface area contributed by atoms with Crippen molar-refractivity contribution >= 4 is 35.2 Å². The molecule has 6 aliphatic rings. The van der Waals surface area contributed by atoms with Gasteiger partial charge in [0, 0.05) is 89.8 Å². The van der Waals surface area contributed by atoms with Crippen LogP contribution in [0.2, 0.25) is 0 Å². The van der Waals surface area contributed by atoms with Crippen molar-refractivity contribution in [3.8, 4) is 11.1 Å². The normalized spacial score (nSPS) is 23.6. The fraction of sp³-hybridized carbons (Fsp3) is 0.482. The zero-order valence-corrected chi connectivity index (χ0v) is 41.5. The van der Waals surface area contributed by atoms with Crippen LogP contribution < -0.4 is 16.0 Å². The molecular formula is C56H72N10O5. The van der Waals surface area contributed by atoms with Gasteiger partial charge in [0.2, 0.25) is 11.8 Å². The number of hydrogen-bond acceptors (Lipinski definition) is 9. The lowest BCUT2D eigenvalue weighted by Crippen LogP contribution is -2.61. The van der Waals surface area contributed by atoms with Crippen molar-refractivity contribution in [3.05, 3.63) is 126 Å². The minimum Gasteiger partial charge on any atom is -0.376 e. The molecule has 15 nitrogen and oxygen atoms in total. The van der Waals surface area contributed by atoms with E-state index in [1.54, 1.807) is 0 Å². The molecule has 0 saturated carbocycles. The molecule has 9 rings (SSSR count). The summed E-state index contributed by atoms with van der Waals surface area (Å²) in [6.45, 7) is 7.32. The Morgan fingerprint density at radius 3 is 1.99 bits per heavy atom. The predicted octanol–water partition coefficient (Wildman–Crippen LogP) is 5.87. The smallest absolute Gasteiger partial charge is 0.318 e. The van der Waals surface area contributed by atoms with Gasteiger partial charge in [-0.05, 0) is 98.9 Å². The molecule has 376 valence electrons. The van der Waals surface area contributed by atoms with E-state index in [9.17, 15) is 24.3 Å². The second kappa shape index (κ2) is 23.4. The number of urea groups is 2. The minimum absolute atomic E-state index is 0.0855. The Morgan fingerprint density at radius 2 is 1.32 bits per heavy atom. The molecule has 71 heavy (non-hydrogen) atoms. The molecule has 6 amide bonds. The number of aliphatic hydroxyl groups is 1. The van der Waals surface area contributed by atoms with Crippen molar-refractivity contribution in [2.75, 3.05) is 79.5 Å². The number of hydrogen-bond donors (Lipinski definition) is 4. The quantitative estimate of drug-likeness (QED) is 0.166. The first-order valence-electron chi connectivity index (χ1n) is 25.9. The van der Waals surface area contributed by atoms with E-state index in [1.807, 2.05) is 86.5 Å². The Kier molecular flexibility index (Phi) is 16.4. The summed E-state index contributed by atoms with van der Waals surface area (Å²) in [7, 11) is 4.11. The third kappa shape index (κ3) is 12.1. The summed E-state index contributed by atoms with van der Waals surface area (Å²) in [5.74, 6) is -0.301. The Labute approximate surface area is 419 Å². The molecule has 0 radical (unpaired) electrons. The zero-order valence-electron chi connectivity index (χ0n) is 41.5. The van der Waals surface area contributed by atoms with E-state index < -0.39 is 24.4 Å². The highest BCUT2D eigenvalue weighted by Gasteiger charge is 2.42. The minimum atomic E-state index is -1.02. The fourth-order valence-electron chi connectivity index (χ4n) is 11.0. The molecule has 1 aliphatic carbocycles. The topological polar surface area (TPSA) is 156 Å². The van der Waals surface area contributed by atoms with E-state index in [0.717, 1.165) is 104 Å². The number of rotatable bonds is 13. The Morgan fingerprint density at radius 1 is 0.690 bits per heavy atom. The molecular weight excluding hydrogens is 893 g/mol. The van der Waals surface area contributed by atoms with Gasteiger partial charge in [-0.15, -0.1) is 0 Å². The van der Waals surface area contributed by atoms with E-state index in [4.69, 9.17) is 4.99 Å². The van der Waals surface area contributed by atoms with Crippen molar-refractivity contribution in [1.82, 2.24) is 45.3 Å². The Bertz CT molecular complexity index is 2440. The SMILES string of the molecule is CN1CCN(C(=O)NC(C(=O)N2CCC[C@H]2C2=NC=C(c3ccc(-c4ccc(CNC(=O)[C@@H]5CCCN5C(O)[C@H](NC(=O)N5CCN(C)CC5)C5C=CC=CC5)cc4)cc3)CCC2)c2ccccc2)CC1. The third-order valence-electron chi connectivity index (χ3n) is 15.4. The monoisotopic (exact) mass is 965 g/mol. The number of amides is 6. The van der Waals surface area contributed by atoms with Gasteiger partial charge in [-0.3, -0.25) is 19.5 Å². The molecule has 15 heteroatoms. The van der Waals surface area contributed by atoms with Crippen molar-refractivity contribution in [3.63, 3.8) is 0 Å². The first kappa shape index (κ1) is 49.8. The maximum Gasteiger partial charge on any atom is 0.318 e. The molecule has 0 spiro atoms. The summed E-state index contributed by atoms with van der Waals surface area (Å²) >= 11 is 0. The molecule has 4 N–H and O–H groups in total. The van der Waals surface area contributed by atoms with E-state index in [-0.39, 0.29) is 35.8 Å². The van der Waals surface area contributed by atoms with Gasteiger partial charge in [-0.2, -0.15) is 0 Å². The van der Waals surface area contributed by atoms with E-state index >= 15 is 0 Å². The molecule has 4 fully saturated rings. The number of benzene rings is 3. The number of likely N-dealkylation sites (tertiary alicyclic amines) is 2. The second-order valence-electron chi connectivity index (χ2n) is 20.2. The first-order valence-corrected chi connectivity index (χ1v) is 25.9. The molecule has 3 unspecified atom stereocenters. The van der Waals surface area contributed by atoms with E-state index in [1.165, 1.54) is 0 Å². The van der Waals surface area contributed by atoms with Crippen LogP contribution in [0.5, 0.6) is 0 Å². The Hall–Kier alpha value is -6.13. The van der Waals surface area contributed by atoms with Crippen molar-refractivity contribution in [2.45, 2.75) is 88.3 Å². The molecule has 5 aliphatic heterocycles. The number of carbonyl (C=O) groups excluding carboxylic acids is 4. The van der Waals surface area contributed by atoms with E-state index in [2.05, 4.69) is 82.3 Å². The standard InChI is InChI=1S/C56H72N10O5/c1-61-30-34-63(35-31-61)55(70)59-50(44-12-5-3-6-13-44)53(68)65-28-10-18-48(65)47-17-9-16-46(39-57-47)43-26-24-42(25-27-43)41-22-20-40(21-23-41)38-58-52(67)49-19-11-29-66(49)54(69)51(45-14-7-4-8-15-45)60-56(71)64-36-32-62(2)33-37-64/h3-8,12-14,20-27,39,45,48-51,54,69H,9-11,15-19,28-38H2,1-2H3,(H,58,67)(H,59,70)(H,60,71)/t45?,48-,49-,50?,51+,54?/m0/s1. The van der Waals surface area contributed by atoms with Crippen LogP contribution in [0.15, 0.2) is 114 Å². The maximum atomic E-state index is 14.5. The molecule has 0 bridgehead atoms. The lowest BCUT2D eigenvalue weighted by atomic mass is 9.90. The van der Waals surface area contributed by atoms with Gasteiger partial charge in [0.1, 0.15) is 12.3 Å². The summed E-state index contributed by atoms with van der Waals surface area (Å²) < 4.78 is 0. The number of aliphatic hydroxyl groups excluding tert-OH is 1. The first-order chi connectivity index (χ1) is 34.6. The summed E-state index contributed by atoms with van der Waals surface area (Å²) in [5.41, 5.74) is 7.23. The highest BCUT2D eigenvalue weighted by atomic mass is 16.3. The summed E-state index contributed by atoms with van der Waals surface area (Å²) in [6.07, 6.45) is 15.5. The van der Waals surface area contributed by atoms with Crippen molar-refractivity contribution < 1.29 is 24.3 Å². The zero-order chi connectivity index (χ0) is 49.3. The fourth-order valence-corrected chi connectivity index (χ4v) is 11.0. The summed E-state index contributed by atoms with van der Waals surface area (Å²) in [4.78, 5) is 72.1. The number of allylic oxidation sites excluding steroid dienone is 4. The van der Waals surface area contributed by atoms with Crippen LogP contribution in [0.25, 0.3) is 16.7 Å². The summed E-state index contributed by atoms with van der Waals surface area (Å²) in [6, 6.07) is 24.1. The van der Waals surface area contributed by atoms with Crippen LogP contribution in [-0.2, 0) is 16.1 Å². The number of piperazine rings is 2. The largest absolute Gasteiger partial charge is 0.376 e. The molecule has 3 aromatic rings. The van der Waals surface area contributed by atoms with Crippen molar-refractivity contribution in [2.24, 2.45) is 10.9 Å². The predicted molar refractivity (Wildman–Crippen MR) is 278 cm³/mol. The number of nitrogens with zero attached hydrogens (tertiary/aromatic N) is 7. The van der Waals surface area contributed by atoms with Crippen LogP contribution >= 0.6 is 0 Å². The Balaban J connectivity index is 0.798. The van der Waals surface area contributed by atoms with Gasteiger partial charge in [0.05, 0.1) is 18.1 Å². The van der Waals surface area contributed by atoms with Gasteiger partial charge in [0.15, 0.2) is 0 Å². The lowest BCUT2D eigenvalue weighted by Gasteiger charge is -2.39. The van der Waals surface area contributed by atoms with Crippen LogP contribution in [0.1, 0.15) is 74.1 Å². The number of carbonyl (C=O) groups is 4. The number of nitrogens with one attached hydrogen (secondary N) is 3. The number of likely N-dealkylation sites (N-methyl/N-ethyl adjacent to an activating group) is 2. The highest BCUT2D eigenvalue weighted by molar-refractivity contribution is 5.97. The molecule has 4 saturated heterocycles. The van der Waals surface area contributed by atoms with Crippen molar-refractivity contribution in [1.29, 1.82) is 0 Å². The lowest BCUT2D eigenvalue weighted by molar-refractivity contribution is -0.133.